The van der Waals surface area contributed by atoms with Crippen LogP contribution in [0.5, 0.6) is 5.75 Å². The predicted octanol–water partition coefficient (Wildman–Crippen LogP) is 3.09. The monoisotopic (exact) mass is 273 g/mol. The number of benzene rings is 1. The molecule has 20 heavy (non-hydrogen) atoms. The maximum Gasteiger partial charge on any atom is 0.169 e. The highest BCUT2D eigenvalue weighted by Gasteiger charge is 2.54. The minimum atomic E-state index is -0.374. The highest BCUT2D eigenvalue weighted by Crippen LogP contribution is 2.52. The van der Waals surface area contributed by atoms with E-state index in [1.54, 1.807) is 0 Å². The molecule has 3 aliphatic rings. The third-order valence-corrected chi connectivity index (χ3v) is 5.43. The van der Waals surface area contributed by atoms with E-state index in [1.165, 1.54) is 25.7 Å². The van der Waals surface area contributed by atoms with Gasteiger partial charge in [-0.3, -0.25) is 4.90 Å². The van der Waals surface area contributed by atoms with Crippen LogP contribution in [0.25, 0.3) is 0 Å². The number of fused-ring (bicyclic) bond motifs is 2. The van der Waals surface area contributed by atoms with Gasteiger partial charge in [0, 0.05) is 31.0 Å². The summed E-state index contributed by atoms with van der Waals surface area (Å²) in [4.78, 5) is 2.51. The fourth-order valence-electron chi connectivity index (χ4n) is 4.46. The summed E-state index contributed by atoms with van der Waals surface area (Å²) in [6.07, 6.45) is 6.70. The zero-order valence-corrected chi connectivity index (χ0v) is 11.9. The summed E-state index contributed by atoms with van der Waals surface area (Å²) in [6.45, 7) is 2.23. The number of nitrogens with zero attached hydrogens (tertiary/aromatic N) is 1. The molecule has 0 radical (unpaired) electrons. The van der Waals surface area contributed by atoms with Gasteiger partial charge >= 0.3 is 0 Å². The summed E-state index contributed by atoms with van der Waals surface area (Å²) in [5.41, 5.74) is 0.733. The van der Waals surface area contributed by atoms with Crippen molar-refractivity contribution in [2.45, 2.75) is 50.4 Å². The van der Waals surface area contributed by atoms with Gasteiger partial charge in [0.05, 0.1) is 6.10 Å². The number of hydrogen-bond donors (Lipinski definition) is 1. The number of aliphatic hydroxyl groups excluding tert-OH is 1. The lowest BCUT2D eigenvalue weighted by Crippen LogP contribution is -2.61. The SMILES string of the molecule is O[C@H]1c2ccccc2O[C@]2(N3CCCC3)CCCC[C@@H]12. The van der Waals surface area contributed by atoms with E-state index in [-0.39, 0.29) is 17.7 Å². The molecule has 0 unspecified atom stereocenters. The molecule has 2 fully saturated rings. The highest BCUT2D eigenvalue weighted by atomic mass is 16.5. The molecule has 0 spiro atoms. The molecule has 1 saturated carbocycles. The van der Waals surface area contributed by atoms with Crippen molar-refractivity contribution in [2.24, 2.45) is 5.92 Å². The molecule has 1 saturated heterocycles. The first-order valence-corrected chi connectivity index (χ1v) is 8.02. The molecule has 2 aliphatic heterocycles. The van der Waals surface area contributed by atoms with Crippen molar-refractivity contribution in [2.75, 3.05) is 13.1 Å². The van der Waals surface area contributed by atoms with Crippen molar-refractivity contribution >= 4 is 0 Å². The third kappa shape index (κ3) is 1.73. The molecule has 0 amide bonds. The van der Waals surface area contributed by atoms with Gasteiger partial charge in [-0.05, 0) is 31.7 Å². The number of hydrogen-bond acceptors (Lipinski definition) is 3. The molecule has 2 heterocycles. The van der Waals surface area contributed by atoms with Crippen LogP contribution in [0, 0.1) is 5.92 Å². The Labute approximate surface area is 120 Å². The van der Waals surface area contributed by atoms with E-state index in [4.69, 9.17) is 4.74 Å². The minimum absolute atomic E-state index is 0.226. The van der Waals surface area contributed by atoms with Crippen molar-refractivity contribution in [1.29, 1.82) is 0 Å². The Morgan fingerprint density at radius 1 is 1.10 bits per heavy atom. The van der Waals surface area contributed by atoms with E-state index in [9.17, 15) is 5.11 Å². The quantitative estimate of drug-likeness (QED) is 0.853. The van der Waals surface area contributed by atoms with Gasteiger partial charge in [0.15, 0.2) is 5.72 Å². The van der Waals surface area contributed by atoms with Crippen LogP contribution in [-0.4, -0.2) is 28.8 Å². The molecule has 108 valence electrons. The average molecular weight is 273 g/mol. The first-order chi connectivity index (χ1) is 9.81. The van der Waals surface area contributed by atoms with Crippen LogP contribution >= 0.6 is 0 Å². The molecular formula is C17H23NO2. The maximum atomic E-state index is 10.9. The van der Waals surface area contributed by atoms with Crippen LogP contribution in [0.4, 0.5) is 0 Å². The Balaban J connectivity index is 1.79. The van der Waals surface area contributed by atoms with Crippen LogP contribution in [-0.2, 0) is 0 Å². The van der Waals surface area contributed by atoms with Gasteiger partial charge in [-0.15, -0.1) is 0 Å². The van der Waals surface area contributed by atoms with E-state index in [2.05, 4.69) is 4.90 Å². The largest absolute Gasteiger partial charge is 0.472 e. The van der Waals surface area contributed by atoms with Crippen molar-refractivity contribution in [3.63, 3.8) is 0 Å². The number of likely N-dealkylation sites (tertiary alicyclic amines) is 1. The standard InChI is InChI=1S/C17H23NO2/c19-16-13-7-1-2-9-15(13)20-17(18-11-5-6-12-18)10-4-3-8-14(16)17/h1-2,7,9,14,16,19H,3-6,8,10-12H2/t14-,16-,17+/m0/s1. The number of ether oxygens (including phenoxy) is 1. The number of para-hydroxylation sites is 1. The van der Waals surface area contributed by atoms with Gasteiger partial charge in [-0.2, -0.15) is 0 Å². The van der Waals surface area contributed by atoms with Gasteiger partial charge in [-0.1, -0.05) is 24.6 Å². The van der Waals surface area contributed by atoms with E-state index in [0.29, 0.717) is 0 Å². The lowest BCUT2D eigenvalue weighted by Gasteiger charge is -2.53. The van der Waals surface area contributed by atoms with Gasteiger partial charge in [0.2, 0.25) is 0 Å². The summed E-state index contributed by atoms with van der Waals surface area (Å²) in [6, 6.07) is 8.03. The van der Waals surface area contributed by atoms with Crippen LogP contribution in [0.3, 0.4) is 0 Å². The molecule has 3 atom stereocenters. The van der Waals surface area contributed by atoms with Crippen LogP contribution in [0.1, 0.15) is 50.2 Å². The topological polar surface area (TPSA) is 32.7 Å². The molecule has 1 aromatic carbocycles. The second-order valence-corrected chi connectivity index (χ2v) is 6.48. The Bertz CT molecular complexity index is 498. The molecule has 1 N–H and O–H groups in total. The van der Waals surface area contributed by atoms with Crippen molar-refractivity contribution in [1.82, 2.24) is 4.90 Å². The van der Waals surface area contributed by atoms with E-state index < -0.39 is 0 Å². The van der Waals surface area contributed by atoms with Crippen molar-refractivity contribution in [3.05, 3.63) is 29.8 Å². The summed E-state index contributed by atoms with van der Waals surface area (Å²) in [5.74, 6) is 1.12. The first-order valence-electron chi connectivity index (χ1n) is 8.02. The van der Waals surface area contributed by atoms with E-state index >= 15 is 0 Å². The molecule has 1 aliphatic carbocycles. The van der Waals surface area contributed by atoms with Gasteiger partial charge in [-0.25, -0.2) is 0 Å². The summed E-state index contributed by atoms with van der Waals surface area (Å²) in [7, 11) is 0. The molecule has 0 aromatic heterocycles. The highest BCUT2D eigenvalue weighted by molar-refractivity contribution is 5.39. The Hall–Kier alpha value is -1.06. The Morgan fingerprint density at radius 3 is 2.75 bits per heavy atom. The summed E-state index contributed by atoms with van der Waals surface area (Å²) in [5, 5.41) is 10.9. The van der Waals surface area contributed by atoms with Crippen molar-refractivity contribution in [3.8, 4) is 5.75 Å². The number of aliphatic hydroxyl groups is 1. The molecule has 3 nitrogen and oxygen atoms in total. The summed E-state index contributed by atoms with van der Waals surface area (Å²) < 4.78 is 6.54. The lowest BCUT2D eigenvalue weighted by atomic mass is 9.73. The fourth-order valence-corrected chi connectivity index (χ4v) is 4.46. The molecular weight excluding hydrogens is 250 g/mol. The molecule has 4 rings (SSSR count). The third-order valence-electron chi connectivity index (χ3n) is 5.43. The van der Waals surface area contributed by atoms with Gasteiger partial charge in [0.1, 0.15) is 5.75 Å². The van der Waals surface area contributed by atoms with E-state index in [0.717, 1.165) is 37.2 Å². The second-order valence-electron chi connectivity index (χ2n) is 6.48. The van der Waals surface area contributed by atoms with Gasteiger partial charge < -0.3 is 9.84 Å². The maximum absolute atomic E-state index is 10.9. The van der Waals surface area contributed by atoms with Crippen LogP contribution < -0.4 is 4.74 Å². The summed E-state index contributed by atoms with van der Waals surface area (Å²) >= 11 is 0. The first kappa shape index (κ1) is 12.7. The zero-order valence-electron chi connectivity index (χ0n) is 11.9. The smallest absolute Gasteiger partial charge is 0.169 e. The zero-order chi connectivity index (χ0) is 13.6. The average Bonchev–Trinajstić information content (AvgIpc) is 3.02. The van der Waals surface area contributed by atoms with Gasteiger partial charge in [0.25, 0.3) is 0 Å². The van der Waals surface area contributed by atoms with Crippen molar-refractivity contribution < 1.29 is 9.84 Å². The van der Waals surface area contributed by atoms with Crippen LogP contribution in [0.15, 0.2) is 24.3 Å². The Kier molecular flexibility index (Phi) is 3.00. The normalized spacial score (nSPS) is 37.0. The predicted molar refractivity (Wildman–Crippen MR) is 77.5 cm³/mol. The van der Waals surface area contributed by atoms with Crippen LogP contribution in [0.2, 0.25) is 0 Å². The fraction of sp³-hybridized carbons (Fsp3) is 0.647. The lowest BCUT2D eigenvalue weighted by molar-refractivity contribution is -0.184. The number of rotatable bonds is 1. The molecule has 3 heteroatoms. The minimum Gasteiger partial charge on any atom is -0.472 e. The second kappa shape index (κ2) is 4.74. The molecule has 1 aromatic rings. The van der Waals surface area contributed by atoms with E-state index in [1.807, 2.05) is 24.3 Å². The molecule has 0 bridgehead atoms. The Morgan fingerprint density at radius 2 is 1.90 bits per heavy atom.